The molecule has 0 fully saturated rings. The highest BCUT2D eigenvalue weighted by Crippen LogP contribution is 2.34. The van der Waals surface area contributed by atoms with E-state index in [0.717, 1.165) is 32.7 Å². The van der Waals surface area contributed by atoms with Crippen molar-refractivity contribution in [2.24, 2.45) is 0 Å². The van der Waals surface area contributed by atoms with Crippen molar-refractivity contribution in [2.75, 3.05) is 0 Å². The van der Waals surface area contributed by atoms with Crippen LogP contribution in [0.4, 0.5) is 0 Å². The van der Waals surface area contributed by atoms with E-state index < -0.39 is 5.97 Å². The maximum absolute atomic E-state index is 11.8. The van der Waals surface area contributed by atoms with Crippen molar-refractivity contribution in [3.8, 4) is 0 Å². The molecule has 0 aromatic heterocycles. The molecule has 106 valence electrons. The smallest absolute Gasteiger partial charge is 0.336 e. The summed E-state index contributed by atoms with van der Waals surface area (Å²) in [6, 6.07) is 14.2. The Bertz CT molecular complexity index is 860. The highest BCUT2D eigenvalue weighted by atomic mass is 16.4. The number of carboxylic acids is 1. The van der Waals surface area contributed by atoms with E-state index in [9.17, 15) is 9.90 Å². The molecule has 1 N–H and O–H groups in total. The maximum atomic E-state index is 11.8. The predicted octanol–water partition coefficient (Wildman–Crippen LogP) is 5.12. The molecule has 0 amide bonds. The quantitative estimate of drug-likeness (QED) is 0.660. The molecular weight excluding hydrogens is 260 g/mol. The first-order valence-electron chi connectivity index (χ1n) is 7.19. The minimum atomic E-state index is -0.845. The van der Waals surface area contributed by atoms with E-state index >= 15 is 0 Å². The van der Waals surface area contributed by atoms with Crippen molar-refractivity contribution in [3.63, 3.8) is 0 Å². The Morgan fingerprint density at radius 1 is 1.00 bits per heavy atom. The van der Waals surface area contributed by atoms with E-state index in [0.29, 0.717) is 5.56 Å². The van der Waals surface area contributed by atoms with Crippen LogP contribution in [0.1, 0.15) is 41.3 Å². The molecule has 0 spiro atoms. The van der Waals surface area contributed by atoms with E-state index in [1.54, 1.807) is 0 Å². The Morgan fingerprint density at radius 2 is 1.71 bits per heavy atom. The third-order valence-electron chi connectivity index (χ3n) is 4.09. The fourth-order valence-corrected chi connectivity index (χ4v) is 3.28. The average Bonchev–Trinajstić information content (AvgIpc) is 2.45. The first-order chi connectivity index (χ1) is 10.0. The summed E-state index contributed by atoms with van der Waals surface area (Å²) in [4.78, 5) is 11.8. The number of hydrogen-bond acceptors (Lipinski definition) is 1. The van der Waals surface area contributed by atoms with Gasteiger partial charge in [-0.25, -0.2) is 4.79 Å². The third-order valence-corrected chi connectivity index (χ3v) is 4.09. The number of fused-ring (bicyclic) bond motifs is 3. The maximum Gasteiger partial charge on any atom is 0.336 e. The van der Waals surface area contributed by atoms with Crippen molar-refractivity contribution >= 4 is 27.5 Å². The molecule has 0 saturated heterocycles. The first-order valence-corrected chi connectivity index (χ1v) is 7.19. The summed E-state index contributed by atoms with van der Waals surface area (Å²) in [5.41, 5.74) is 2.43. The molecule has 0 radical (unpaired) electrons. The van der Waals surface area contributed by atoms with Gasteiger partial charge in [-0.1, -0.05) is 56.3 Å². The first kappa shape index (κ1) is 13.6. The normalized spacial score (nSPS) is 11.4. The lowest BCUT2D eigenvalue weighted by molar-refractivity contribution is 0.0697. The van der Waals surface area contributed by atoms with Gasteiger partial charge < -0.3 is 5.11 Å². The molecule has 0 atom stereocenters. The van der Waals surface area contributed by atoms with Crippen molar-refractivity contribution in [3.05, 3.63) is 59.2 Å². The molecule has 0 aliphatic rings. The summed E-state index contributed by atoms with van der Waals surface area (Å²) in [5, 5.41) is 13.8. The molecule has 21 heavy (non-hydrogen) atoms. The zero-order valence-corrected chi connectivity index (χ0v) is 12.5. The second kappa shape index (κ2) is 4.88. The van der Waals surface area contributed by atoms with E-state index in [4.69, 9.17) is 0 Å². The van der Waals surface area contributed by atoms with E-state index in [-0.39, 0.29) is 5.92 Å². The predicted molar refractivity (Wildman–Crippen MR) is 87.2 cm³/mol. The number of aromatic carboxylic acids is 1. The van der Waals surface area contributed by atoms with Gasteiger partial charge in [0.05, 0.1) is 5.56 Å². The summed E-state index contributed by atoms with van der Waals surface area (Å²) < 4.78 is 0. The van der Waals surface area contributed by atoms with E-state index in [1.165, 1.54) is 0 Å². The number of aryl methyl sites for hydroxylation is 1. The van der Waals surface area contributed by atoms with Gasteiger partial charge in [0.15, 0.2) is 0 Å². The van der Waals surface area contributed by atoms with Gasteiger partial charge in [-0.3, -0.25) is 0 Å². The van der Waals surface area contributed by atoms with Gasteiger partial charge in [-0.05, 0) is 45.5 Å². The van der Waals surface area contributed by atoms with Gasteiger partial charge in [0, 0.05) is 0 Å². The molecule has 2 heteroatoms. The molecule has 0 aliphatic carbocycles. The van der Waals surface area contributed by atoms with Crippen LogP contribution in [-0.2, 0) is 0 Å². The fraction of sp³-hybridized carbons (Fsp3) is 0.211. The molecule has 0 aliphatic heterocycles. The Labute approximate surface area is 124 Å². The molecule has 0 unspecified atom stereocenters. The second-order valence-electron chi connectivity index (χ2n) is 5.82. The SMILES string of the molecule is Cc1cc2c(ccc3ccccc32)c(C(=O)O)c1C(C)C. The van der Waals surface area contributed by atoms with Gasteiger partial charge in [0.1, 0.15) is 0 Å². The average molecular weight is 278 g/mol. The van der Waals surface area contributed by atoms with Crippen LogP contribution in [0.2, 0.25) is 0 Å². The van der Waals surface area contributed by atoms with E-state index in [2.05, 4.69) is 18.2 Å². The van der Waals surface area contributed by atoms with Crippen molar-refractivity contribution in [1.82, 2.24) is 0 Å². The number of benzene rings is 3. The molecule has 0 saturated carbocycles. The number of hydrogen-bond donors (Lipinski definition) is 1. The molecular formula is C19H18O2. The molecule has 3 aromatic rings. The van der Waals surface area contributed by atoms with E-state index in [1.807, 2.05) is 45.0 Å². The minimum absolute atomic E-state index is 0.187. The van der Waals surface area contributed by atoms with Crippen LogP contribution in [0.25, 0.3) is 21.5 Å². The molecule has 2 nitrogen and oxygen atoms in total. The second-order valence-corrected chi connectivity index (χ2v) is 5.82. The van der Waals surface area contributed by atoms with Gasteiger partial charge in [0.2, 0.25) is 0 Å². The van der Waals surface area contributed by atoms with Gasteiger partial charge in [-0.2, -0.15) is 0 Å². The van der Waals surface area contributed by atoms with Crippen LogP contribution < -0.4 is 0 Å². The topological polar surface area (TPSA) is 37.3 Å². The lowest BCUT2D eigenvalue weighted by Crippen LogP contribution is -2.07. The van der Waals surface area contributed by atoms with Crippen LogP contribution >= 0.6 is 0 Å². The van der Waals surface area contributed by atoms with Crippen molar-refractivity contribution in [1.29, 1.82) is 0 Å². The Morgan fingerprint density at radius 3 is 2.38 bits per heavy atom. The Kier molecular flexibility index (Phi) is 3.17. The number of carboxylic acid groups (broad SMARTS) is 1. The summed E-state index contributed by atoms with van der Waals surface area (Å²) in [5.74, 6) is -0.658. The standard InChI is InChI=1S/C19H18O2/c1-11(2)17-12(3)10-16-14-7-5-4-6-13(14)8-9-15(16)18(17)19(20)21/h4-11H,1-3H3,(H,20,21). The summed E-state index contributed by atoms with van der Waals surface area (Å²) in [6.07, 6.45) is 0. The minimum Gasteiger partial charge on any atom is -0.478 e. The molecule has 3 aromatic carbocycles. The molecule has 0 bridgehead atoms. The monoisotopic (exact) mass is 278 g/mol. The molecule has 0 heterocycles. The van der Waals surface area contributed by atoms with Crippen LogP contribution in [-0.4, -0.2) is 11.1 Å². The van der Waals surface area contributed by atoms with Crippen LogP contribution in [0.5, 0.6) is 0 Å². The number of carbonyl (C=O) groups is 1. The van der Waals surface area contributed by atoms with Crippen LogP contribution in [0, 0.1) is 6.92 Å². The number of rotatable bonds is 2. The highest BCUT2D eigenvalue weighted by molar-refractivity contribution is 6.15. The van der Waals surface area contributed by atoms with Crippen molar-refractivity contribution in [2.45, 2.75) is 26.7 Å². The van der Waals surface area contributed by atoms with Crippen molar-refractivity contribution < 1.29 is 9.90 Å². The lowest BCUT2D eigenvalue weighted by atomic mass is 9.87. The Hall–Kier alpha value is -2.35. The highest BCUT2D eigenvalue weighted by Gasteiger charge is 2.20. The summed E-state index contributed by atoms with van der Waals surface area (Å²) in [6.45, 7) is 6.09. The summed E-state index contributed by atoms with van der Waals surface area (Å²) >= 11 is 0. The fourth-order valence-electron chi connectivity index (χ4n) is 3.28. The van der Waals surface area contributed by atoms with Crippen LogP contribution in [0.3, 0.4) is 0 Å². The van der Waals surface area contributed by atoms with Gasteiger partial charge in [-0.15, -0.1) is 0 Å². The van der Waals surface area contributed by atoms with Gasteiger partial charge in [0.25, 0.3) is 0 Å². The zero-order chi connectivity index (χ0) is 15.1. The Balaban J connectivity index is 2.55. The molecule has 3 rings (SSSR count). The largest absolute Gasteiger partial charge is 0.478 e. The zero-order valence-electron chi connectivity index (χ0n) is 12.5. The van der Waals surface area contributed by atoms with Crippen LogP contribution in [0.15, 0.2) is 42.5 Å². The lowest BCUT2D eigenvalue weighted by Gasteiger charge is -2.17. The summed E-state index contributed by atoms with van der Waals surface area (Å²) in [7, 11) is 0. The third kappa shape index (κ3) is 2.07. The van der Waals surface area contributed by atoms with Gasteiger partial charge >= 0.3 is 5.97 Å².